The molecule has 0 aromatic heterocycles. The largest absolute Gasteiger partial charge is 0.0683 e. The SMILES string of the molecule is CC.Cc1ccccc1CCc1ccccc1. The average molecular weight is 226 g/mol. The summed E-state index contributed by atoms with van der Waals surface area (Å²) in [7, 11) is 0. The molecule has 0 spiro atoms. The molecule has 0 fully saturated rings. The highest BCUT2D eigenvalue weighted by Crippen LogP contribution is 2.11. The molecule has 0 heteroatoms. The monoisotopic (exact) mass is 226 g/mol. The lowest BCUT2D eigenvalue weighted by Gasteiger charge is -2.05. The Balaban J connectivity index is 0.000000686. The molecule has 0 nitrogen and oxygen atoms in total. The van der Waals surface area contributed by atoms with Crippen molar-refractivity contribution >= 4 is 0 Å². The minimum atomic E-state index is 1.13. The third-order valence-electron chi connectivity index (χ3n) is 2.79. The minimum Gasteiger partial charge on any atom is -0.0683 e. The summed E-state index contributed by atoms with van der Waals surface area (Å²) >= 11 is 0. The zero-order chi connectivity index (χ0) is 12.5. The molecular weight excluding hydrogens is 204 g/mol. The zero-order valence-electron chi connectivity index (χ0n) is 11.1. The first-order chi connectivity index (χ1) is 8.36. The second-order valence-electron chi connectivity index (χ2n) is 3.91. The van der Waals surface area contributed by atoms with Crippen LogP contribution in [0.2, 0.25) is 0 Å². The van der Waals surface area contributed by atoms with Crippen molar-refractivity contribution in [1.29, 1.82) is 0 Å². The Hall–Kier alpha value is -1.56. The van der Waals surface area contributed by atoms with Crippen molar-refractivity contribution in [3.05, 3.63) is 71.3 Å². The zero-order valence-corrected chi connectivity index (χ0v) is 11.1. The van der Waals surface area contributed by atoms with Gasteiger partial charge < -0.3 is 0 Å². The van der Waals surface area contributed by atoms with Gasteiger partial charge in [-0.25, -0.2) is 0 Å². The van der Waals surface area contributed by atoms with Gasteiger partial charge in [0.05, 0.1) is 0 Å². The Bertz CT molecular complexity index is 415. The van der Waals surface area contributed by atoms with Crippen molar-refractivity contribution < 1.29 is 0 Å². The number of aryl methyl sites for hydroxylation is 3. The molecule has 0 unspecified atom stereocenters. The van der Waals surface area contributed by atoms with E-state index in [-0.39, 0.29) is 0 Å². The van der Waals surface area contributed by atoms with E-state index in [9.17, 15) is 0 Å². The molecule has 0 aliphatic carbocycles. The summed E-state index contributed by atoms with van der Waals surface area (Å²) in [4.78, 5) is 0. The molecule has 0 atom stereocenters. The smallest absolute Gasteiger partial charge is 0.0236 e. The van der Waals surface area contributed by atoms with Gasteiger partial charge in [-0.2, -0.15) is 0 Å². The van der Waals surface area contributed by atoms with Crippen LogP contribution in [0.1, 0.15) is 30.5 Å². The molecule has 0 saturated heterocycles. The Morgan fingerprint density at radius 1 is 0.706 bits per heavy atom. The van der Waals surface area contributed by atoms with E-state index in [1.807, 2.05) is 13.8 Å². The van der Waals surface area contributed by atoms with E-state index >= 15 is 0 Å². The molecule has 0 N–H and O–H groups in total. The topological polar surface area (TPSA) is 0 Å². The highest BCUT2D eigenvalue weighted by atomic mass is 14.0. The van der Waals surface area contributed by atoms with Gasteiger partial charge in [-0.3, -0.25) is 0 Å². The van der Waals surface area contributed by atoms with E-state index in [0.717, 1.165) is 12.8 Å². The van der Waals surface area contributed by atoms with Gasteiger partial charge in [0.2, 0.25) is 0 Å². The van der Waals surface area contributed by atoms with Gasteiger partial charge in [-0.05, 0) is 36.5 Å². The van der Waals surface area contributed by atoms with E-state index in [4.69, 9.17) is 0 Å². The first-order valence-electron chi connectivity index (χ1n) is 6.45. The summed E-state index contributed by atoms with van der Waals surface area (Å²) in [6, 6.07) is 19.3. The van der Waals surface area contributed by atoms with E-state index in [1.165, 1.54) is 16.7 Å². The molecule has 90 valence electrons. The van der Waals surface area contributed by atoms with Gasteiger partial charge in [0.25, 0.3) is 0 Å². The maximum Gasteiger partial charge on any atom is -0.0236 e. The van der Waals surface area contributed by atoms with Gasteiger partial charge in [0, 0.05) is 0 Å². The van der Waals surface area contributed by atoms with Crippen molar-refractivity contribution in [3.63, 3.8) is 0 Å². The van der Waals surface area contributed by atoms with Crippen LogP contribution in [-0.2, 0) is 12.8 Å². The lowest BCUT2D eigenvalue weighted by molar-refractivity contribution is 0.949. The van der Waals surface area contributed by atoms with E-state index in [0.29, 0.717) is 0 Å². The molecule has 0 amide bonds. The highest BCUT2D eigenvalue weighted by molar-refractivity contribution is 5.27. The molecule has 2 aromatic rings. The highest BCUT2D eigenvalue weighted by Gasteiger charge is 1.97. The Kier molecular flexibility index (Phi) is 6.09. The van der Waals surface area contributed by atoms with Crippen LogP contribution < -0.4 is 0 Å². The maximum absolute atomic E-state index is 2.22. The summed E-state index contributed by atoms with van der Waals surface area (Å²) in [5.41, 5.74) is 4.27. The second-order valence-corrected chi connectivity index (χ2v) is 3.91. The summed E-state index contributed by atoms with van der Waals surface area (Å²) < 4.78 is 0. The molecule has 0 heterocycles. The van der Waals surface area contributed by atoms with E-state index in [2.05, 4.69) is 61.5 Å². The minimum absolute atomic E-state index is 1.13. The third kappa shape index (κ3) is 4.44. The fourth-order valence-corrected chi connectivity index (χ4v) is 1.81. The quantitative estimate of drug-likeness (QED) is 0.704. The van der Waals surface area contributed by atoms with Gasteiger partial charge in [-0.1, -0.05) is 68.4 Å². The molecule has 2 aromatic carbocycles. The summed E-state index contributed by atoms with van der Waals surface area (Å²) in [6.45, 7) is 6.18. The van der Waals surface area contributed by atoms with E-state index < -0.39 is 0 Å². The van der Waals surface area contributed by atoms with Crippen LogP contribution in [-0.4, -0.2) is 0 Å². The lowest BCUT2D eigenvalue weighted by Crippen LogP contribution is -1.93. The third-order valence-corrected chi connectivity index (χ3v) is 2.79. The van der Waals surface area contributed by atoms with Crippen LogP contribution in [0.15, 0.2) is 54.6 Å². The van der Waals surface area contributed by atoms with Crippen LogP contribution in [0, 0.1) is 6.92 Å². The number of rotatable bonds is 3. The van der Waals surface area contributed by atoms with Crippen molar-refractivity contribution in [2.75, 3.05) is 0 Å². The van der Waals surface area contributed by atoms with Crippen LogP contribution in [0.25, 0.3) is 0 Å². The van der Waals surface area contributed by atoms with Gasteiger partial charge >= 0.3 is 0 Å². The lowest BCUT2D eigenvalue weighted by atomic mass is 10.0. The summed E-state index contributed by atoms with van der Waals surface area (Å²) in [6.07, 6.45) is 2.27. The molecule has 0 aliphatic rings. The van der Waals surface area contributed by atoms with Gasteiger partial charge in [0.1, 0.15) is 0 Å². The Labute approximate surface area is 105 Å². The molecule has 0 aliphatic heterocycles. The maximum atomic E-state index is 2.22. The molecule has 0 bridgehead atoms. The summed E-state index contributed by atoms with van der Waals surface area (Å²) in [5, 5.41) is 0. The second kappa shape index (κ2) is 7.67. The predicted molar refractivity (Wildman–Crippen MR) is 76.4 cm³/mol. The van der Waals surface area contributed by atoms with Crippen LogP contribution in [0.4, 0.5) is 0 Å². The fourth-order valence-electron chi connectivity index (χ4n) is 1.81. The summed E-state index contributed by atoms with van der Waals surface area (Å²) in [5.74, 6) is 0. The van der Waals surface area contributed by atoms with Crippen molar-refractivity contribution in [2.24, 2.45) is 0 Å². The van der Waals surface area contributed by atoms with Crippen LogP contribution in [0.5, 0.6) is 0 Å². The molecule has 0 radical (unpaired) electrons. The normalized spacial score (nSPS) is 9.35. The van der Waals surface area contributed by atoms with Crippen LogP contribution in [0.3, 0.4) is 0 Å². The van der Waals surface area contributed by atoms with Crippen molar-refractivity contribution in [2.45, 2.75) is 33.6 Å². The van der Waals surface area contributed by atoms with Gasteiger partial charge in [-0.15, -0.1) is 0 Å². The first kappa shape index (κ1) is 13.5. The van der Waals surface area contributed by atoms with Crippen molar-refractivity contribution in [1.82, 2.24) is 0 Å². The Morgan fingerprint density at radius 2 is 1.29 bits per heavy atom. The Morgan fingerprint density at radius 3 is 1.94 bits per heavy atom. The first-order valence-corrected chi connectivity index (χ1v) is 6.45. The predicted octanol–water partition coefficient (Wildman–Crippen LogP) is 4.81. The van der Waals surface area contributed by atoms with Crippen LogP contribution >= 0.6 is 0 Å². The molecular formula is C17H22. The van der Waals surface area contributed by atoms with E-state index in [1.54, 1.807) is 0 Å². The molecule has 2 rings (SSSR count). The fraction of sp³-hybridized carbons (Fsp3) is 0.294. The molecule has 0 saturated carbocycles. The number of hydrogen-bond donors (Lipinski definition) is 0. The number of benzene rings is 2. The standard InChI is InChI=1S/C15H16.C2H6/c1-13-7-5-6-10-15(13)12-11-14-8-3-2-4-9-14;1-2/h2-10H,11-12H2,1H3;1-2H3. The number of hydrogen-bond acceptors (Lipinski definition) is 0. The van der Waals surface area contributed by atoms with Crippen molar-refractivity contribution in [3.8, 4) is 0 Å². The van der Waals surface area contributed by atoms with Gasteiger partial charge in [0.15, 0.2) is 0 Å². The average Bonchev–Trinajstić information content (AvgIpc) is 2.41. The molecule has 17 heavy (non-hydrogen) atoms.